The van der Waals surface area contributed by atoms with Crippen LogP contribution in [0.3, 0.4) is 0 Å². The van der Waals surface area contributed by atoms with Gasteiger partial charge in [0.15, 0.2) is 0 Å². The number of amides is 1. The second-order valence-electron chi connectivity index (χ2n) is 8.40. The Morgan fingerprint density at radius 2 is 1.97 bits per heavy atom. The van der Waals surface area contributed by atoms with Crippen molar-refractivity contribution < 1.29 is 13.2 Å². The summed E-state index contributed by atoms with van der Waals surface area (Å²) in [6.07, 6.45) is 6.96. The summed E-state index contributed by atoms with van der Waals surface area (Å²) in [6, 6.07) is 9.17. The van der Waals surface area contributed by atoms with E-state index in [1.54, 1.807) is 42.0 Å². The van der Waals surface area contributed by atoms with E-state index in [4.69, 9.17) is 11.6 Å². The van der Waals surface area contributed by atoms with Crippen LogP contribution in [-0.4, -0.2) is 31.0 Å². The van der Waals surface area contributed by atoms with Crippen LogP contribution >= 0.6 is 11.6 Å². The van der Waals surface area contributed by atoms with E-state index in [0.717, 1.165) is 32.1 Å². The molecule has 7 nitrogen and oxygen atoms in total. The lowest BCUT2D eigenvalue weighted by Crippen LogP contribution is -2.50. The molecule has 1 fully saturated rings. The van der Waals surface area contributed by atoms with E-state index in [2.05, 4.69) is 16.1 Å². The molecule has 172 valence electrons. The van der Waals surface area contributed by atoms with Gasteiger partial charge in [-0.2, -0.15) is 9.98 Å². The van der Waals surface area contributed by atoms with E-state index in [1.165, 1.54) is 6.07 Å². The molecular weight excluding hydrogens is 448 g/mol. The predicted octanol–water partition coefficient (Wildman–Crippen LogP) is 4.07. The Kier molecular flexibility index (Phi) is 7.99. The second kappa shape index (κ2) is 10.5. The van der Waals surface area contributed by atoms with Crippen LogP contribution in [-0.2, 0) is 14.8 Å². The molecule has 2 unspecified atom stereocenters. The number of carbonyl (C=O) groups is 1. The van der Waals surface area contributed by atoms with Crippen molar-refractivity contribution in [2.45, 2.75) is 75.4 Å². The molecule has 1 heterocycles. The molecule has 2 N–H and O–H groups in total. The number of hydrogen-bond donors (Lipinski definition) is 2. The zero-order chi connectivity index (χ0) is 23.3. The highest BCUT2D eigenvalue weighted by molar-refractivity contribution is 7.89. The molecule has 1 aliphatic rings. The van der Waals surface area contributed by atoms with Crippen LogP contribution in [0.4, 0.5) is 0 Å². The zero-order valence-corrected chi connectivity index (χ0v) is 19.9. The lowest BCUT2D eigenvalue weighted by atomic mass is 9.95. The van der Waals surface area contributed by atoms with Gasteiger partial charge in [-0.25, -0.2) is 8.42 Å². The van der Waals surface area contributed by atoms with Gasteiger partial charge in [0.05, 0.1) is 5.02 Å². The Morgan fingerprint density at radius 1 is 1.25 bits per heavy atom. The summed E-state index contributed by atoms with van der Waals surface area (Å²) in [5, 5.41) is 12.5. The van der Waals surface area contributed by atoms with Crippen molar-refractivity contribution in [2.75, 3.05) is 0 Å². The summed E-state index contributed by atoms with van der Waals surface area (Å²) in [4.78, 5) is 13.2. The van der Waals surface area contributed by atoms with Crippen LogP contribution < -0.4 is 10.0 Å². The Hall–Kier alpha value is -2.34. The molecular formula is C23H29ClN4O3S. The highest BCUT2D eigenvalue weighted by Crippen LogP contribution is 2.26. The van der Waals surface area contributed by atoms with E-state index >= 15 is 0 Å². The summed E-state index contributed by atoms with van der Waals surface area (Å²) in [5.41, 5.74) is 0.954. The van der Waals surface area contributed by atoms with Gasteiger partial charge in [0.25, 0.3) is 0 Å². The quantitative estimate of drug-likeness (QED) is 0.599. The number of sulfonamides is 1. The van der Waals surface area contributed by atoms with Crippen molar-refractivity contribution in [1.29, 1.82) is 5.26 Å². The third kappa shape index (κ3) is 5.71. The maximum Gasteiger partial charge on any atom is 0.243 e. The van der Waals surface area contributed by atoms with Gasteiger partial charge in [-0.3, -0.25) is 4.79 Å². The summed E-state index contributed by atoms with van der Waals surface area (Å²) in [5.74, 6) is -0.359. The van der Waals surface area contributed by atoms with Crippen molar-refractivity contribution in [3.8, 4) is 6.07 Å². The first-order valence-corrected chi connectivity index (χ1v) is 12.7. The van der Waals surface area contributed by atoms with Gasteiger partial charge in [-0.15, -0.1) is 0 Å². The minimum absolute atomic E-state index is 0.0246. The summed E-state index contributed by atoms with van der Waals surface area (Å²) >= 11 is 6.20. The normalized spacial score (nSPS) is 16.8. The highest BCUT2D eigenvalue weighted by Gasteiger charge is 2.31. The molecule has 1 aromatic carbocycles. The van der Waals surface area contributed by atoms with Crippen LogP contribution in [0, 0.1) is 18.3 Å². The van der Waals surface area contributed by atoms with Crippen LogP contribution in [0.2, 0.25) is 5.02 Å². The van der Waals surface area contributed by atoms with Gasteiger partial charge in [0.2, 0.25) is 15.9 Å². The number of carbonyl (C=O) groups excluding carboxylic acids is 1. The van der Waals surface area contributed by atoms with Gasteiger partial charge in [0.1, 0.15) is 22.7 Å². The van der Waals surface area contributed by atoms with Gasteiger partial charge >= 0.3 is 0 Å². The number of aromatic nitrogens is 1. The molecule has 1 amide bonds. The minimum atomic E-state index is -4.05. The first-order valence-electron chi connectivity index (χ1n) is 10.9. The summed E-state index contributed by atoms with van der Waals surface area (Å²) < 4.78 is 30.8. The van der Waals surface area contributed by atoms with Gasteiger partial charge in [-0.1, -0.05) is 43.0 Å². The van der Waals surface area contributed by atoms with Crippen molar-refractivity contribution in [1.82, 2.24) is 14.6 Å². The standard InChI is InChI=1S/C23H29ClN4O3S/c1-16-8-6-12-20(24)22(16)32(30,31)27-21(23(29)26-18-9-4-3-5-10-18)14-17(2)28-13-7-11-19(28)15-25/h6-8,11-13,17-18,21,27H,3-5,9-10,14H2,1-2H3,(H,26,29). The molecule has 0 saturated heterocycles. The molecule has 1 saturated carbocycles. The molecule has 2 aromatic rings. The number of halogens is 1. The molecule has 0 aliphatic heterocycles. The van der Waals surface area contributed by atoms with Crippen LogP contribution in [0.25, 0.3) is 0 Å². The van der Waals surface area contributed by atoms with E-state index in [1.807, 2.05) is 6.92 Å². The van der Waals surface area contributed by atoms with Crippen molar-refractivity contribution in [3.63, 3.8) is 0 Å². The fourth-order valence-corrected chi connectivity index (χ4v) is 6.33. The number of benzene rings is 1. The third-order valence-electron chi connectivity index (χ3n) is 5.94. The average molecular weight is 477 g/mol. The number of nitriles is 1. The third-order valence-corrected chi connectivity index (χ3v) is 8.04. The maximum atomic E-state index is 13.2. The topological polar surface area (TPSA) is 104 Å². The second-order valence-corrected chi connectivity index (χ2v) is 10.5. The smallest absolute Gasteiger partial charge is 0.243 e. The molecule has 32 heavy (non-hydrogen) atoms. The summed E-state index contributed by atoms with van der Waals surface area (Å²) in [6.45, 7) is 3.52. The number of aryl methyl sites for hydroxylation is 1. The largest absolute Gasteiger partial charge is 0.352 e. The Labute approximate surface area is 194 Å². The fraction of sp³-hybridized carbons (Fsp3) is 0.478. The van der Waals surface area contributed by atoms with E-state index in [9.17, 15) is 18.5 Å². The SMILES string of the molecule is Cc1cccc(Cl)c1S(=O)(=O)NC(CC(C)n1cccc1C#N)C(=O)NC1CCCCC1. The molecule has 2 atom stereocenters. The number of nitrogens with zero attached hydrogens (tertiary/aromatic N) is 2. The lowest BCUT2D eigenvalue weighted by Gasteiger charge is -2.28. The maximum absolute atomic E-state index is 13.2. The fourth-order valence-electron chi connectivity index (χ4n) is 4.29. The summed E-state index contributed by atoms with van der Waals surface area (Å²) in [7, 11) is -4.05. The lowest BCUT2D eigenvalue weighted by molar-refractivity contribution is -0.124. The van der Waals surface area contributed by atoms with E-state index in [0.29, 0.717) is 11.3 Å². The number of rotatable bonds is 8. The molecule has 0 radical (unpaired) electrons. The van der Waals surface area contributed by atoms with Crippen LogP contribution in [0.15, 0.2) is 41.4 Å². The number of hydrogen-bond acceptors (Lipinski definition) is 4. The highest BCUT2D eigenvalue weighted by atomic mass is 35.5. The molecule has 1 aromatic heterocycles. The Morgan fingerprint density at radius 3 is 2.62 bits per heavy atom. The predicted molar refractivity (Wildman–Crippen MR) is 124 cm³/mol. The average Bonchev–Trinajstić information content (AvgIpc) is 3.22. The first kappa shape index (κ1) is 24.3. The molecule has 1 aliphatic carbocycles. The number of nitrogens with one attached hydrogen (secondary N) is 2. The van der Waals surface area contributed by atoms with E-state index < -0.39 is 16.1 Å². The zero-order valence-electron chi connectivity index (χ0n) is 18.3. The molecule has 0 bridgehead atoms. The van der Waals surface area contributed by atoms with Gasteiger partial charge < -0.3 is 9.88 Å². The molecule has 3 rings (SSSR count). The van der Waals surface area contributed by atoms with Gasteiger partial charge in [-0.05, 0) is 56.9 Å². The Bertz CT molecular complexity index is 1080. The van der Waals surface area contributed by atoms with Crippen LogP contribution in [0.1, 0.15) is 62.7 Å². The molecule has 9 heteroatoms. The van der Waals surface area contributed by atoms with Crippen molar-refractivity contribution in [2.24, 2.45) is 0 Å². The van der Waals surface area contributed by atoms with E-state index in [-0.39, 0.29) is 34.3 Å². The molecule has 0 spiro atoms. The minimum Gasteiger partial charge on any atom is -0.352 e. The Balaban J connectivity index is 1.87. The van der Waals surface area contributed by atoms with Crippen molar-refractivity contribution in [3.05, 3.63) is 52.8 Å². The van der Waals surface area contributed by atoms with Crippen LogP contribution in [0.5, 0.6) is 0 Å². The van der Waals surface area contributed by atoms with Crippen molar-refractivity contribution >= 4 is 27.5 Å². The van der Waals surface area contributed by atoms with Gasteiger partial charge in [0, 0.05) is 18.3 Å². The monoisotopic (exact) mass is 476 g/mol. The first-order chi connectivity index (χ1) is 15.2.